The molecule has 0 aliphatic heterocycles. The molecule has 0 bridgehead atoms. The van der Waals surface area contributed by atoms with Crippen molar-refractivity contribution in [3.05, 3.63) is 35.8 Å². The molecule has 4 nitrogen and oxygen atoms in total. The number of fused-ring (bicyclic) bond motifs is 1. The Morgan fingerprint density at radius 2 is 2.10 bits per heavy atom. The van der Waals surface area contributed by atoms with E-state index in [1.165, 1.54) is 16.8 Å². The number of aromatic nitrogens is 1. The van der Waals surface area contributed by atoms with E-state index in [1.807, 2.05) is 0 Å². The van der Waals surface area contributed by atoms with Crippen LogP contribution in [0.5, 0.6) is 0 Å². The molecule has 1 aromatic heterocycles. The highest BCUT2D eigenvalue weighted by molar-refractivity contribution is 5.92. The molecular weight excluding hydrogens is 261 g/mol. The number of carbonyl (C=O) groups excluding carboxylic acids is 1. The maximum absolute atomic E-state index is 13.9. The van der Waals surface area contributed by atoms with Gasteiger partial charge >= 0.3 is 6.09 Å². The minimum Gasteiger partial charge on any atom is -0.443 e. The highest BCUT2D eigenvalue weighted by Crippen LogP contribution is 2.25. The smallest absolute Gasteiger partial charge is 0.419 e. The molecule has 0 unspecified atom stereocenters. The lowest BCUT2D eigenvalue weighted by molar-refractivity contribution is 0.0544. The molecule has 1 heterocycles. The topological polar surface area (TPSA) is 51.5 Å². The quantitative estimate of drug-likeness (QED) is 0.919. The van der Waals surface area contributed by atoms with E-state index in [1.54, 1.807) is 32.9 Å². The van der Waals surface area contributed by atoms with Crippen molar-refractivity contribution in [1.29, 1.82) is 0 Å². The van der Waals surface area contributed by atoms with E-state index in [0.717, 1.165) is 0 Å². The summed E-state index contributed by atoms with van der Waals surface area (Å²) in [7, 11) is 0. The van der Waals surface area contributed by atoms with Crippen LogP contribution in [0.3, 0.4) is 0 Å². The number of aliphatic hydroxyl groups excluding tert-OH is 1. The van der Waals surface area contributed by atoms with Gasteiger partial charge in [0.2, 0.25) is 0 Å². The molecule has 0 spiro atoms. The van der Waals surface area contributed by atoms with Gasteiger partial charge in [-0.2, -0.15) is 0 Å². The van der Waals surface area contributed by atoms with Crippen molar-refractivity contribution in [2.45, 2.75) is 32.8 Å². The van der Waals surface area contributed by atoms with Gasteiger partial charge in [0.25, 0.3) is 0 Å². The Balaban J connectivity index is 2.54. The minimum atomic E-state index is -0.627. The summed E-state index contributed by atoms with van der Waals surface area (Å²) in [6, 6.07) is 4.53. The first kappa shape index (κ1) is 14.5. The van der Waals surface area contributed by atoms with E-state index in [-0.39, 0.29) is 13.0 Å². The minimum absolute atomic E-state index is 0.109. The van der Waals surface area contributed by atoms with Crippen molar-refractivity contribution in [3.63, 3.8) is 0 Å². The molecule has 0 radical (unpaired) electrons. The van der Waals surface area contributed by atoms with E-state index < -0.39 is 17.5 Å². The van der Waals surface area contributed by atoms with Crippen LogP contribution >= 0.6 is 0 Å². The van der Waals surface area contributed by atoms with Crippen molar-refractivity contribution in [1.82, 2.24) is 4.57 Å². The third kappa shape index (κ3) is 2.82. The van der Waals surface area contributed by atoms with Crippen molar-refractivity contribution in [3.8, 4) is 0 Å². The monoisotopic (exact) mass is 279 g/mol. The van der Waals surface area contributed by atoms with Crippen molar-refractivity contribution in [2.24, 2.45) is 0 Å². The molecule has 0 aliphatic rings. The van der Waals surface area contributed by atoms with Gasteiger partial charge < -0.3 is 9.84 Å². The van der Waals surface area contributed by atoms with Crippen LogP contribution in [0.2, 0.25) is 0 Å². The molecule has 2 rings (SSSR count). The zero-order chi connectivity index (χ0) is 14.9. The van der Waals surface area contributed by atoms with E-state index in [2.05, 4.69) is 0 Å². The Hall–Kier alpha value is -1.88. The average Bonchev–Trinajstić information content (AvgIpc) is 2.68. The molecule has 1 aromatic carbocycles. The number of carbonyl (C=O) groups is 1. The van der Waals surface area contributed by atoms with Crippen LogP contribution in [0.1, 0.15) is 26.3 Å². The summed E-state index contributed by atoms with van der Waals surface area (Å²) in [5, 5.41) is 9.41. The molecule has 108 valence electrons. The van der Waals surface area contributed by atoms with Crippen molar-refractivity contribution in [2.75, 3.05) is 6.61 Å². The maximum atomic E-state index is 13.9. The largest absolute Gasteiger partial charge is 0.443 e. The second kappa shape index (κ2) is 5.25. The summed E-state index contributed by atoms with van der Waals surface area (Å²) in [4.78, 5) is 12.2. The maximum Gasteiger partial charge on any atom is 0.419 e. The molecule has 0 amide bonds. The zero-order valence-corrected chi connectivity index (χ0v) is 11.8. The van der Waals surface area contributed by atoms with Gasteiger partial charge in [0, 0.05) is 18.2 Å². The van der Waals surface area contributed by atoms with Gasteiger partial charge in [0.15, 0.2) is 0 Å². The Kier molecular flexibility index (Phi) is 3.81. The van der Waals surface area contributed by atoms with Gasteiger partial charge in [0.1, 0.15) is 11.4 Å². The fourth-order valence-corrected chi connectivity index (χ4v) is 2.09. The van der Waals surface area contributed by atoms with Gasteiger partial charge in [-0.05, 0) is 44.9 Å². The number of ether oxygens (including phenoxy) is 1. The highest BCUT2D eigenvalue weighted by atomic mass is 19.1. The first-order valence-electron chi connectivity index (χ1n) is 6.46. The fraction of sp³-hybridized carbons (Fsp3) is 0.400. The lowest BCUT2D eigenvalue weighted by Crippen LogP contribution is -2.26. The lowest BCUT2D eigenvalue weighted by atomic mass is 10.1. The van der Waals surface area contributed by atoms with Crippen molar-refractivity contribution < 1.29 is 19.0 Å². The van der Waals surface area contributed by atoms with Gasteiger partial charge in [-0.1, -0.05) is 6.07 Å². The van der Waals surface area contributed by atoms with Crippen molar-refractivity contribution >= 4 is 17.0 Å². The molecule has 0 fully saturated rings. The molecule has 0 atom stereocenters. The molecule has 0 saturated carbocycles. The SMILES string of the molecule is CC(C)(C)OC(=O)n1cc(CCO)c2c(F)cccc21. The van der Waals surface area contributed by atoms with Gasteiger partial charge in [-0.15, -0.1) is 0 Å². The van der Waals surface area contributed by atoms with Gasteiger partial charge in [0.05, 0.1) is 5.52 Å². The number of rotatable bonds is 2. The van der Waals surface area contributed by atoms with Crippen LogP contribution in [0.4, 0.5) is 9.18 Å². The molecule has 0 aliphatic carbocycles. The predicted molar refractivity (Wildman–Crippen MR) is 74.3 cm³/mol. The van der Waals surface area contributed by atoms with Crippen LogP contribution in [-0.2, 0) is 11.2 Å². The lowest BCUT2D eigenvalue weighted by Gasteiger charge is -2.19. The van der Waals surface area contributed by atoms with Crippen LogP contribution < -0.4 is 0 Å². The van der Waals surface area contributed by atoms with E-state index in [4.69, 9.17) is 9.84 Å². The number of hydrogen-bond acceptors (Lipinski definition) is 3. The number of nitrogens with zero attached hydrogens (tertiary/aromatic N) is 1. The molecule has 5 heteroatoms. The molecule has 1 N–H and O–H groups in total. The first-order chi connectivity index (χ1) is 9.33. The summed E-state index contributed by atoms with van der Waals surface area (Å²) in [5.41, 5.74) is 0.409. The van der Waals surface area contributed by atoms with Crippen LogP contribution in [-0.4, -0.2) is 28.0 Å². The Morgan fingerprint density at radius 3 is 2.70 bits per heavy atom. The third-order valence-corrected chi connectivity index (χ3v) is 2.83. The number of hydrogen-bond donors (Lipinski definition) is 1. The zero-order valence-electron chi connectivity index (χ0n) is 11.8. The van der Waals surface area contributed by atoms with Gasteiger partial charge in [-0.25, -0.2) is 9.18 Å². The summed E-state index contributed by atoms with van der Waals surface area (Å²) >= 11 is 0. The van der Waals surface area contributed by atoms with E-state index in [0.29, 0.717) is 16.5 Å². The number of halogens is 1. The predicted octanol–water partition coefficient (Wildman–Crippen LogP) is 3.10. The first-order valence-corrected chi connectivity index (χ1v) is 6.46. The number of benzene rings is 1. The summed E-state index contributed by atoms with van der Waals surface area (Å²) in [6.45, 7) is 5.20. The second-order valence-electron chi connectivity index (χ2n) is 5.61. The molecule has 0 saturated heterocycles. The molecule has 2 aromatic rings. The van der Waals surface area contributed by atoms with E-state index in [9.17, 15) is 9.18 Å². The van der Waals surface area contributed by atoms with Gasteiger partial charge in [-0.3, -0.25) is 4.57 Å². The summed E-state index contributed by atoms with van der Waals surface area (Å²) < 4.78 is 20.5. The Bertz CT molecular complexity index is 640. The molecular formula is C15H18FNO3. The Morgan fingerprint density at radius 1 is 1.40 bits per heavy atom. The second-order valence-corrected chi connectivity index (χ2v) is 5.61. The standard InChI is InChI=1S/C15H18FNO3/c1-15(2,3)20-14(19)17-9-10(7-8-18)13-11(16)5-4-6-12(13)17/h4-6,9,18H,7-8H2,1-3H3. The molecule has 20 heavy (non-hydrogen) atoms. The highest BCUT2D eigenvalue weighted by Gasteiger charge is 2.21. The van der Waals surface area contributed by atoms with E-state index >= 15 is 0 Å². The summed E-state index contributed by atoms with van der Waals surface area (Å²) in [6.07, 6.45) is 1.25. The summed E-state index contributed by atoms with van der Waals surface area (Å²) in [5.74, 6) is -0.409. The van der Waals surface area contributed by atoms with Crippen LogP contribution in [0.15, 0.2) is 24.4 Å². The number of aliphatic hydroxyl groups is 1. The normalized spacial score (nSPS) is 11.8. The van der Waals surface area contributed by atoms with Crippen LogP contribution in [0.25, 0.3) is 10.9 Å². The fourth-order valence-electron chi connectivity index (χ4n) is 2.09. The average molecular weight is 279 g/mol. The van der Waals surface area contributed by atoms with Crippen LogP contribution in [0, 0.1) is 5.82 Å². The Labute approximate surface area is 116 Å². The third-order valence-electron chi connectivity index (χ3n) is 2.83.